The molecule has 0 aliphatic carbocycles. The highest BCUT2D eigenvalue weighted by Gasteiger charge is 2.16. The first-order valence-corrected chi connectivity index (χ1v) is 5.52. The number of hydrogen-bond donors (Lipinski definition) is 2. The molecule has 0 aliphatic heterocycles. The molecule has 0 aromatic carbocycles. The van der Waals surface area contributed by atoms with Gasteiger partial charge in [-0.25, -0.2) is 9.99 Å². The van der Waals surface area contributed by atoms with Crippen molar-refractivity contribution in [2.45, 2.75) is 0 Å². The third kappa shape index (κ3) is 1.84. The van der Waals surface area contributed by atoms with E-state index in [1.165, 1.54) is 11.3 Å². The van der Waals surface area contributed by atoms with E-state index in [4.69, 9.17) is 5.73 Å². The van der Waals surface area contributed by atoms with Crippen LogP contribution in [0.15, 0.2) is 18.3 Å². The SMILES string of the molecule is CN(C)NC(=O)c1sc2ncccc2c1N. The minimum atomic E-state index is -0.203. The zero-order valence-electron chi connectivity index (χ0n) is 9.02. The average Bonchev–Trinajstić information content (AvgIpc) is 2.56. The summed E-state index contributed by atoms with van der Waals surface area (Å²) in [4.78, 5) is 17.2. The van der Waals surface area contributed by atoms with E-state index in [1.807, 2.05) is 6.07 Å². The van der Waals surface area contributed by atoms with Crippen molar-refractivity contribution in [1.29, 1.82) is 0 Å². The number of hydrazine groups is 1. The van der Waals surface area contributed by atoms with Crippen molar-refractivity contribution in [2.75, 3.05) is 19.8 Å². The van der Waals surface area contributed by atoms with Gasteiger partial charge in [0.25, 0.3) is 5.91 Å². The van der Waals surface area contributed by atoms with Crippen molar-refractivity contribution >= 4 is 33.1 Å². The molecule has 16 heavy (non-hydrogen) atoms. The number of carbonyl (C=O) groups is 1. The van der Waals surface area contributed by atoms with Gasteiger partial charge in [-0.05, 0) is 12.1 Å². The lowest BCUT2D eigenvalue weighted by Gasteiger charge is -2.10. The van der Waals surface area contributed by atoms with Gasteiger partial charge in [-0.1, -0.05) is 0 Å². The quantitative estimate of drug-likeness (QED) is 0.766. The van der Waals surface area contributed by atoms with E-state index in [2.05, 4.69) is 10.4 Å². The number of carbonyl (C=O) groups excluding carboxylic acids is 1. The number of amides is 1. The standard InChI is InChI=1S/C10H12N4OS/c1-14(2)13-9(15)8-7(11)6-4-3-5-12-10(6)16-8/h3-5H,11H2,1-2H3,(H,13,15). The largest absolute Gasteiger partial charge is 0.397 e. The van der Waals surface area contributed by atoms with Gasteiger partial charge in [-0.3, -0.25) is 10.2 Å². The van der Waals surface area contributed by atoms with Gasteiger partial charge in [-0.2, -0.15) is 0 Å². The van der Waals surface area contributed by atoms with Crippen molar-refractivity contribution in [1.82, 2.24) is 15.4 Å². The molecule has 0 fully saturated rings. The van der Waals surface area contributed by atoms with Crippen molar-refractivity contribution in [3.8, 4) is 0 Å². The van der Waals surface area contributed by atoms with Crippen LogP contribution in [0.1, 0.15) is 9.67 Å². The highest BCUT2D eigenvalue weighted by Crippen LogP contribution is 2.31. The van der Waals surface area contributed by atoms with Crippen molar-refractivity contribution in [2.24, 2.45) is 0 Å². The summed E-state index contributed by atoms with van der Waals surface area (Å²) < 4.78 is 0. The van der Waals surface area contributed by atoms with Gasteiger partial charge in [0.2, 0.25) is 0 Å². The number of hydrogen-bond acceptors (Lipinski definition) is 5. The van der Waals surface area contributed by atoms with Crippen LogP contribution in [0.5, 0.6) is 0 Å². The topological polar surface area (TPSA) is 71.2 Å². The summed E-state index contributed by atoms with van der Waals surface area (Å²) in [7, 11) is 3.50. The number of fused-ring (bicyclic) bond motifs is 1. The minimum absolute atomic E-state index is 0.203. The Labute approximate surface area is 96.8 Å². The Kier molecular flexibility index (Phi) is 2.76. The first kappa shape index (κ1) is 10.8. The van der Waals surface area contributed by atoms with Gasteiger partial charge in [0.05, 0.1) is 5.69 Å². The molecule has 1 amide bonds. The molecular weight excluding hydrogens is 224 g/mol. The summed E-state index contributed by atoms with van der Waals surface area (Å²) in [5.74, 6) is -0.203. The summed E-state index contributed by atoms with van der Waals surface area (Å²) >= 11 is 1.30. The first-order valence-electron chi connectivity index (χ1n) is 4.71. The summed E-state index contributed by atoms with van der Waals surface area (Å²) in [6.45, 7) is 0. The molecule has 0 saturated carbocycles. The molecule has 2 heterocycles. The van der Waals surface area contributed by atoms with Gasteiger partial charge < -0.3 is 5.73 Å². The molecule has 3 N–H and O–H groups in total. The van der Waals surface area contributed by atoms with E-state index in [0.717, 1.165) is 10.2 Å². The Balaban J connectivity index is 2.45. The Morgan fingerprint density at radius 1 is 1.56 bits per heavy atom. The van der Waals surface area contributed by atoms with Crippen LogP contribution in [0.4, 0.5) is 5.69 Å². The molecule has 6 heteroatoms. The number of pyridine rings is 1. The lowest BCUT2D eigenvalue weighted by atomic mass is 10.2. The lowest BCUT2D eigenvalue weighted by molar-refractivity contribution is 0.0862. The summed E-state index contributed by atoms with van der Waals surface area (Å²) in [6.07, 6.45) is 1.69. The molecule has 84 valence electrons. The van der Waals surface area contributed by atoms with Crippen LogP contribution in [-0.4, -0.2) is 30.0 Å². The van der Waals surface area contributed by atoms with Crippen LogP contribution in [0.2, 0.25) is 0 Å². The first-order chi connectivity index (χ1) is 7.59. The third-order valence-electron chi connectivity index (χ3n) is 2.04. The van der Waals surface area contributed by atoms with Crippen LogP contribution >= 0.6 is 11.3 Å². The Morgan fingerprint density at radius 3 is 2.94 bits per heavy atom. The van der Waals surface area contributed by atoms with Crippen molar-refractivity contribution < 1.29 is 4.79 Å². The predicted octanol–water partition coefficient (Wildman–Crippen LogP) is 1.08. The van der Waals surface area contributed by atoms with E-state index in [9.17, 15) is 4.79 Å². The van der Waals surface area contributed by atoms with Crippen LogP contribution < -0.4 is 11.2 Å². The van der Waals surface area contributed by atoms with E-state index in [1.54, 1.807) is 31.4 Å². The molecule has 2 aromatic rings. The Hall–Kier alpha value is -1.66. The van der Waals surface area contributed by atoms with E-state index in [0.29, 0.717) is 10.6 Å². The molecule has 0 radical (unpaired) electrons. The van der Waals surface area contributed by atoms with Crippen molar-refractivity contribution in [3.05, 3.63) is 23.2 Å². The van der Waals surface area contributed by atoms with E-state index in [-0.39, 0.29) is 5.91 Å². The van der Waals surface area contributed by atoms with Crippen LogP contribution in [0, 0.1) is 0 Å². The Bertz CT molecular complexity index is 535. The molecule has 0 saturated heterocycles. The van der Waals surface area contributed by atoms with Crippen LogP contribution in [0.3, 0.4) is 0 Å². The second-order valence-electron chi connectivity index (χ2n) is 3.54. The fourth-order valence-corrected chi connectivity index (χ4v) is 2.33. The smallest absolute Gasteiger partial charge is 0.277 e. The number of anilines is 1. The number of nitrogens with two attached hydrogens (primary N) is 1. The summed E-state index contributed by atoms with van der Waals surface area (Å²) in [6, 6.07) is 3.67. The second-order valence-corrected chi connectivity index (χ2v) is 4.54. The molecule has 0 unspecified atom stereocenters. The van der Waals surface area contributed by atoms with Crippen LogP contribution in [0.25, 0.3) is 10.2 Å². The lowest BCUT2D eigenvalue weighted by Crippen LogP contribution is -2.35. The Morgan fingerprint density at radius 2 is 2.31 bits per heavy atom. The van der Waals surface area contributed by atoms with E-state index >= 15 is 0 Å². The van der Waals surface area contributed by atoms with E-state index < -0.39 is 0 Å². The molecule has 0 aliphatic rings. The van der Waals surface area contributed by atoms with Gasteiger partial charge >= 0.3 is 0 Å². The molecule has 0 atom stereocenters. The number of nitrogen functional groups attached to an aromatic ring is 1. The number of rotatable bonds is 2. The molecule has 0 bridgehead atoms. The summed E-state index contributed by atoms with van der Waals surface area (Å²) in [5.41, 5.74) is 9.06. The summed E-state index contributed by atoms with van der Waals surface area (Å²) in [5, 5.41) is 2.41. The fourth-order valence-electron chi connectivity index (χ4n) is 1.37. The van der Waals surface area contributed by atoms with Crippen LogP contribution in [-0.2, 0) is 0 Å². The average molecular weight is 236 g/mol. The fraction of sp³-hybridized carbons (Fsp3) is 0.200. The normalized spacial score (nSPS) is 10.9. The number of nitrogens with one attached hydrogen (secondary N) is 1. The maximum absolute atomic E-state index is 11.8. The molecule has 2 aromatic heterocycles. The molecule has 0 spiro atoms. The highest BCUT2D eigenvalue weighted by molar-refractivity contribution is 7.21. The molecule has 5 nitrogen and oxygen atoms in total. The van der Waals surface area contributed by atoms with Gasteiger partial charge in [0.1, 0.15) is 9.71 Å². The van der Waals surface area contributed by atoms with Crippen molar-refractivity contribution in [3.63, 3.8) is 0 Å². The third-order valence-corrected chi connectivity index (χ3v) is 3.16. The zero-order valence-corrected chi connectivity index (χ0v) is 9.84. The number of nitrogens with zero attached hydrogens (tertiary/aromatic N) is 2. The molecule has 2 rings (SSSR count). The van der Waals surface area contributed by atoms with Gasteiger partial charge in [-0.15, -0.1) is 11.3 Å². The number of thiophene rings is 1. The maximum atomic E-state index is 11.8. The zero-order chi connectivity index (χ0) is 11.7. The maximum Gasteiger partial charge on any atom is 0.277 e. The van der Waals surface area contributed by atoms with Gasteiger partial charge in [0.15, 0.2) is 0 Å². The number of aromatic nitrogens is 1. The minimum Gasteiger partial charge on any atom is -0.397 e. The van der Waals surface area contributed by atoms with Gasteiger partial charge in [0, 0.05) is 25.7 Å². The molecular formula is C10H12N4OS. The predicted molar refractivity (Wildman–Crippen MR) is 65.2 cm³/mol. The highest BCUT2D eigenvalue weighted by atomic mass is 32.1. The monoisotopic (exact) mass is 236 g/mol. The second kappa shape index (κ2) is 4.07.